The Morgan fingerprint density at radius 2 is 2.05 bits per heavy atom. The number of hydrogen-bond donors (Lipinski definition) is 2. The number of alkyl halides is 3. The number of aromatic nitrogens is 3. The van der Waals surface area contributed by atoms with Crippen molar-refractivity contribution in [2.45, 2.75) is 19.1 Å². The average Bonchev–Trinajstić information content (AvgIpc) is 3.03. The van der Waals surface area contributed by atoms with Crippen molar-refractivity contribution in [1.29, 1.82) is 0 Å². The maximum Gasteiger partial charge on any atom is 0.416 e. The summed E-state index contributed by atoms with van der Waals surface area (Å²) >= 11 is 1.39. The summed E-state index contributed by atoms with van der Waals surface area (Å²) in [5, 5.41) is 2.53. The third-order valence-electron chi connectivity index (χ3n) is 2.96. The first-order chi connectivity index (χ1) is 9.84. The zero-order valence-corrected chi connectivity index (χ0v) is 11.7. The van der Waals surface area contributed by atoms with Crippen molar-refractivity contribution in [3.8, 4) is 11.5 Å². The van der Waals surface area contributed by atoms with Crippen molar-refractivity contribution in [2.24, 2.45) is 5.73 Å². The van der Waals surface area contributed by atoms with E-state index in [1.807, 2.05) is 6.92 Å². The molecule has 0 amide bonds. The van der Waals surface area contributed by atoms with Crippen molar-refractivity contribution < 1.29 is 13.2 Å². The van der Waals surface area contributed by atoms with E-state index in [2.05, 4.69) is 15.0 Å². The summed E-state index contributed by atoms with van der Waals surface area (Å²) in [4.78, 5) is 11.5. The highest BCUT2D eigenvalue weighted by Gasteiger charge is 2.30. The van der Waals surface area contributed by atoms with Crippen LogP contribution in [0.3, 0.4) is 0 Å². The number of imidazole rings is 1. The quantitative estimate of drug-likeness (QED) is 0.757. The second kappa shape index (κ2) is 4.81. The molecule has 0 aliphatic carbocycles. The number of aromatic amines is 1. The third-order valence-corrected chi connectivity index (χ3v) is 4.01. The Morgan fingerprint density at radius 3 is 2.67 bits per heavy atom. The van der Waals surface area contributed by atoms with Gasteiger partial charge in [0.1, 0.15) is 10.7 Å². The minimum absolute atomic E-state index is 0.190. The van der Waals surface area contributed by atoms with E-state index in [1.54, 1.807) is 5.38 Å². The molecule has 1 aromatic carbocycles. The number of thiazole rings is 1. The summed E-state index contributed by atoms with van der Waals surface area (Å²) in [6, 6.07) is 3.22. The fourth-order valence-corrected chi connectivity index (χ4v) is 2.68. The van der Waals surface area contributed by atoms with Crippen molar-refractivity contribution in [2.75, 3.05) is 0 Å². The van der Waals surface area contributed by atoms with E-state index in [0.29, 0.717) is 22.6 Å². The molecular formula is C13H11F3N4S. The van der Waals surface area contributed by atoms with Crippen LogP contribution < -0.4 is 5.73 Å². The first-order valence-corrected chi connectivity index (χ1v) is 7.01. The van der Waals surface area contributed by atoms with Crippen LogP contribution in [0.25, 0.3) is 22.6 Å². The van der Waals surface area contributed by atoms with Gasteiger partial charge in [-0.15, -0.1) is 11.3 Å². The van der Waals surface area contributed by atoms with Gasteiger partial charge in [-0.05, 0) is 25.1 Å². The van der Waals surface area contributed by atoms with Crippen LogP contribution in [0, 0.1) is 0 Å². The molecule has 1 atom stereocenters. The van der Waals surface area contributed by atoms with Gasteiger partial charge in [-0.1, -0.05) is 0 Å². The number of nitrogens with one attached hydrogen (secondary N) is 1. The minimum atomic E-state index is -4.37. The molecule has 3 N–H and O–H groups in total. The van der Waals surface area contributed by atoms with Gasteiger partial charge in [0, 0.05) is 5.38 Å². The van der Waals surface area contributed by atoms with E-state index < -0.39 is 11.7 Å². The molecule has 0 radical (unpaired) electrons. The molecule has 0 fully saturated rings. The average molecular weight is 312 g/mol. The van der Waals surface area contributed by atoms with E-state index in [9.17, 15) is 13.2 Å². The first kappa shape index (κ1) is 14.0. The molecule has 3 rings (SSSR count). The smallest absolute Gasteiger partial charge is 0.337 e. The topological polar surface area (TPSA) is 67.6 Å². The molecule has 4 nitrogen and oxygen atoms in total. The summed E-state index contributed by atoms with van der Waals surface area (Å²) in [6.07, 6.45) is -4.37. The van der Waals surface area contributed by atoms with Gasteiger partial charge in [-0.2, -0.15) is 13.2 Å². The number of halogens is 3. The van der Waals surface area contributed by atoms with E-state index in [1.165, 1.54) is 17.4 Å². The van der Waals surface area contributed by atoms with Gasteiger partial charge in [0.25, 0.3) is 0 Å². The molecule has 1 unspecified atom stereocenters. The van der Waals surface area contributed by atoms with Crippen molar-refractivity contribution in [3.63, 3.8) is 0 Å². The molecule has 21 heavy (non-hydrogen) atoms. The van der Waals surface area contributed by atoms with Gasteiger partial charge in [0.15, 0.2) is 5.82 Å². The lowest BCUT2D eigenvalue weighted by Crippen LogP contribution is -2.04. The van der Waals surface area contributed by atoms with Gasteiger partial charge in [0.2, 0.25) is 0 Å². The van der Waals surface area contributed by atoms with Crippen LogP contribution in [-0.2, 0) is 6.18 Å². The molecule has 0 saturated heterocycles. The highest BCUT2D eigenvalue weighted by Crippen LogP contribution is 2.32. The monoisotopic (exact) mass is 312 g/mol. The van der Waals surface area contributed by atoms with Crippen LogP contribution in [0.1, 0.15) is 23.5 Å². The summed E-state index contributed by atoms with van der Waals surface area (Å²) in [5.74, 6) is 0.437. The second-order valence-electron chi connectivity index (χ2n) is 4.67. The largest absolute Gasteiger partial charge is 0.416 e. The zero-order valence-electron chi connectivity index (χ0n) is 10.9. The standard InChI is InChI=1S/C13H11F3N4S/c1-6(17)12-20-10(5-21-12)11-18-8-3-2-7(13(14,15)16)4-9(8)19-11/h2-6H,17H2,1H3,(H,18,19). The lowest BCUT2D eigenvalue weighted by atomic mass is 10.2. The van der Waals surface area contributed by atoms with Crippen LogP contribution in [0.4, 0.5) is 13.2 Å². The Kier molecular flexibility index (Phi) is 3.22. The Morgan fingerprint density at radius 1 is 1.29 bits per heavy atom. The SMILES string of the molecule is CC(N)c1nc(-c2nc3ccc(C(F)(F)F)cc3[nH]2)cs1. The zero-order chi connectivity index (χ0) is 15.2. The Bertz CT molecular complexity index is 788. The van der Waals surface area contributed by atoms with E-state index in [-0.39, 0.29) is 6.04 Å². The highest BCUT2D eigenvalue weighted by atomic mass is 32.1. The van der Waals surface area contributed by atoms with Crippen LogP contribution in [-0.4, -0.2) is 15.0 Å². The molecule has 2 aromatic heterocycles. The summed E-state index contributed by atoms with van der Waals surface area (Å²) in [5.41, 5.74) is 6.41. The van der Waals surface area contributed by atoms with Gasteiger partial charge < -0.3 is 10.7 Å². The van der Waals surface area contributed by atoms with Gasteiger partial charge in [-0.3, -0.25) is 0 Å². The number of benzene rings is 1. The van der Waals surface area contributed by atoms with Crippen LogP contribution in [0.15, 0.2) is 23.6 Å². The first-order valence-electron chi connectivity index (χ1n) is 6.13. The Hall–Kier alpha value is -1.93. The molecule has 110 valence electrons. The number of hydrogen-bond acceptors (Lipinski definition) is 4. The summed E-state index contributed by atoms with van der Waals surface area (Å²) in [7, 11) is 0. The number of nitrogens with two attached hydrogens (primary N) is 1. The maximum atomic E-state index is 12.7. The number of fused-ring (bicyclic) bond motifs is 1. The van der Waals surface area contributed by atoms with E-state index >= 15 is 0 Å². The lowest BCUT2D eigenvalue weighted by Gasteiger charge is -2.05. The van der Waals surface area contributed by atoms with Gasteiger partial charge >= 0.3 is 6.18 Å². The van der Waals surface area contributed by atoms with Crippen molar-refractivity contribution in [1.82, 2.24) is 15.0 Å². The molecule has 2 heterocycles. The fraction of sp³-hybridized carbons (Fsp3) is 0.231. The van der Waals surface area contributed by atoms with Crippen molar-refractivity contribution >= 4 is 22.4 Å². The molecule has 0 aliphatic rings. The molecule has 8 heteroatoms. The minimum Gasteiger partial charge on any atom is -0.337 e. The maximum absolute atomic E-state index is 12.7. The highest BCUT2D eigenvalue weighted by molar-refractivity contribution is 7.10. The molecule has 0 bridgehead atoms. The molecule has 0 saturated carbocycles. The number of rotatable bonds is 2. The second-order valence-corrected chi connectivity index (χ2v) is 5.56. The molecule has 0 aliphatic heterocycles. The van der Waals surface area contributed by atoms with Crippen LogP contribution in [0.2, 0.25) is 0 Å². The van der Waals surface area contributed by atoms with Crippen molar-refractivity contribution in [3.05, 3.63) is 34.2 Å². The molecule has 0 spiro atoms. The van der Waals surface area contributed by atoms with E-state index in [0.717, 1.165) is 17.1 Å². The lowest BCUT2D eigenvalue weighted by molar-refractivity contribution is -0.137. The normalized spacial score (nSPS) is 13.8. The van der Waals surface area contributed by atoms with Crippen LogP contribution in [0.5, 0.6) is 0 Å². The van der Waals surface area contributed by atoms with Gasteiger partial charge in [-0.25, -0.2) is 9.97 Å². The Balaban J connectivity index is 2.04. The molecular weight excluding hydrogens is 301 g/mol. The van der Waals surface area contributed by atoms with Gasteiger partial charge in [0.05, 0.1) is 22.6 Å². The predicted molar refractivity (Wildman–Crippen MR) is 74.8 cm³/mol. The molecule has 3 aromatic rings. The predicted octanol–water partition coefficient (Wildman–Crippen LogP) is 3.72. The third kappa shape index (κ3) is 2.64. The number of H-pyrrole nitrogens is 1. The van der Waals surface area contributed by atoms with E-state index in [4.69, 9.17) is 5.73 Å². The Labute approximate surface area is 121 Å². The summed E-state index contributed by atoms with van der Waals surface area (Å²) in [6.45, 7) is 1.82. The van der Waals surface area contributed by atoms with Crippen LogP contribution >= 0.6 is 11.3 Å². The number of nitrogens with zero attached hydrogens (tertiary/aromatic N) is 2. The summed E-state index contributed by atoms with van der Waals surface area (Å²) < 4.78 is 38.0. The fourth-order valence-electron chi connectivity index (χ4n) is 1.91.